The number of hydrogen-bond acceptors (Lipinski definition) is 10. The normalized spacial score (nSPS) is 16.7. The Morgan fingerprint density at radius 2 is 1.69 bits per heavy atom. The number of aryl methyl sites for hydroxylation is 1. The molecule has 45 heavy (non-hydrogen) atoms. The van der Waals surface area contributed by atoms with Crippen LogP contribution < -0.4 is 21.3 Å². The van der Waals surface area contributed by atoms with Crippen molar-refractivity contribution in [3.63, 3.8) is 0 Å². The fourth-order valence-corrected chi connectivity index (χ4v) is 6.69. The quantitative estimate of drug-likeness (QED) is 0.167. The molecule has 2 fully saturated rings. The van der Waals surface area contributed by atoms with Crippen LogP contribution in [0.15, 0.2) is 29.3 Å². The summed E-state index contributed by atoms with van der Waals surface area (Å²) < 4.78 is 1.71. The maximum absolute atomic E-state index is 13.5. The number of aromatic nitrogens is 4. The number of hydroxylamine groups is 1. The Bertz CT molecular complexity index is 1620. The fraction of sp³-hybridized carbons (Fsp3) is 0.576. The Labute approximate surface area is 264 Å². The van der Waals surface area contributed by atoms with Gasteiger partial charge in [0.25, 0.3) is 5.56 Å². The largest absolute Gasteiger partial charge is 0.368 e. The van der Waals surface area contributed by atoms with Gasteiger partial charge in [0, 0.05) is 56.8 Å². The third-order valence-corrected chi connectivity index (χ3v) is 10.2. The SMILES string of the molecule is CC(=O)c1c(C)c2cnc(Nc3ccc(N4CCN(CC(C)(C)C(C)(C)CC(=O)NO)CC4)cn3)nc2n(C2CCCC2)c1=O. The van der Waals surface area contributed by atoms with Crippen LogP contribution in [-0.2, 0) is 4.79 Å². The molecule has 0 spiro atoms. The number of carbonyl (C=O) groups is 2. The van der Waals surface area contributed by atoms with Crippen molar-refractivity contribution in [2.24, 2.45) is 10.8 Å². The molecule has 5 rings (SSSR count). The Morgan fingerprint density at radius 1 is 1.00 bits per heavy atom. The first-order valence-electron chi connectivity index (χ1n) is 15.9. The van der Waals surface area contributed by atoms with Crippen LogP contribution in [0, 0.1) is 17.8 Å². The van der Waals surface area contributed by atoms with E-state index in [1.54, 1.807) is 23.2 Å². The van der Waals surface area contributed by atoms with Gasteiger partial charge in [0.15, 0.2) is 5.78 Å². The summed E-state index contributed by atoms with van der Waals surface area (Å²) in [5.74, 6) is 0.341. The van der Waals surface area contributed by atoms with E-state index in [-0.39, 0.29) is 46.1 Å². The Morgan fingerprint density at radius 3 is 2.29 bits per heavy atom. The average Bonchev–Trinajstić information content (AvgIpc) is 3.52. The number of anilines is 3. The Balaban J connectivity index is 1.27. The van der Waals surface area contributed by atoms with Crippen molar-refractivity contribution in [2.75, 3.05) is 42.9 Å². The van der Waals surface area contributed by atoms with Crippen LogP contribution in [0.5, 0.6) is 0 Å². The van der Waals surface area contributed by atoms with E-state index in [1.807, 2.05) is 18.3 Å². The monoisotopic (exact) mass is 618 g/mol. The van der Waals surface area contributed by atoms with E-state index in [1.165, 1.54) is 6.92 Å². The maximum atomic E-state index is 13.5. The van der Waals surface area contributed by atoms with Gasteiger partial charge in [-0.2, -0.15) is 4.98 Å². The van der Waals surface area contributed by atoms with E-state index >= 15 is 0 Å². The van der Waals surface area contributed by atoms with Crippen LogP contribution in [0.3, 0.4) is 0 Å². The molecule has 12 nitrogen and oxygen atoms in total. The predicted molar refractivity (Wildman–Crippen MR) is 174 cm³/mol. The van der Waals surface area contributed by atoms with Crippen LogP contribution in [-0.4, -0.2) is 74.0 Å². The van der Waals surface area contributed by atoms with E-state index in [9.17, 15) is 14.4 Å². The summed E-state index contributed by atoms with van der Waals surface area (Å²) in [6.07, 6.45) is 7.66. The molecule has 12 heteroatoms. The number of nitrogens with zero attached hydrogens (tertiary/aromatic N) is 6. The van der Waals surface area contributed by atoms with Gasteiger partial charge < -0.3 is 10.2 Å². The van der Waals surface area contributed by atoms with Crippen molar-refractivity contribution in [1.82, 2.24) is 29.9 Å². The second-order valence-corrected chi connectivity index (χ2v) is 13.9. The topological polar surface area (TPSA) is 146 Å². The second kappa shape index (κ2) is 12.8. The van der Waals surface area contributed by atoms with E-state index in [2.05, 4.69) is 52.8 Å². The van der Waals surface area contributed by atoms with Gasteiger partial charge in [-0.25, -0.2) is 15.4 Å². The van der Waals surface area contributed by atoms with Crippen molar-refractivity contribution in [2.45, 2.75) is 79.7 Å². The standard InChI is InChI=1S/C33H46N8O4/c1-21-25-19-35-31(37-29(25)41(23-9-7-8-10-23)30(44)28(21)22(2)42)36-26-12-11-24(18-34-26)40-15-13-39(14-16-40)20-33(5,6)32(3,4)17-27(43)38-45/h11-12,18-19,23,45H,7-10,13-17,20H2,1-6H3,(H,38,43)(H,34,35,36,37). The summed E-state index contributed by atoms with van der Waals surface area (Å²) >= 11 is 0. The van der Waals surface area contributed by atoms with Crippen molar-refractivity contribution in [3.8, 4) is 0 Å². The number of nitrogens with one attached hydrogen (secondary N) is 2. The van der Waals surface area contributed by atoms with Crippen LogP contribution in [0.4, 0.5) is 17.5 Å². The molecule has 1 saturated carbocycles. The molecule has 0 bridgehead atoms. The first-order valence-corrected chi connectivity index (χ1v) is 15.9. The van der Waals surface area contributed by atoms with Gasteiger partial charge in [-0.3, -0.25) is 29.1 Å². The molecule has 1 aliphatic carbocycles. The zero-order valence-electron chi connectivity index (χ0n) is 27.3. The number of ketones is 1. The molecule has 0 radical (unpaired) electrons. The van der Waals surface area contributed by atoms with Crippen molar-refractivity contribution < 1.29 is 14.8 Å². The van der Waals surface area contributed by atoms with Crippen LogP contribution in [0.25, 0.3) is 11.0 Å². The molecule has 3 aromatic rings. The maximum Gasteiger partial charge on any atom is 0.263 e. The smallest absolute Gasteiger partial charge is 0.263 e. The lowest BCUT2D eigenvalue weighted by Crippen LogP contribution is -2.52. The minimum Gasteiger partial charge on any atom is -0.368 e. The Hall–Kier alpha value is -3.90. The number of hydrogen-bond donors (Lipinski definition) is 3. The first kappa shape index (κ1) is 32.5. The number of pyridine rings is 2. The Kier molecular flexibility index (Phi) is 9.27. The summed E-state index contributed by atoms with van der Waals surface area (Å²) in [6.45, 7) is 16.1. The van der Waals surface area contributed by atoms with Crippen LogP contribution >= 0.6 is 0 Å². The molecule has 1 amide bonds. The van der Waals surface area contributed by atoms with Crippen LogP contribution in [0.2, 0.25) is 0 Å². The summed E-state index contributed by atoms with van der Waals surface area (Å²) in [5, 5.41) is 12.9. The van der Waals surface area contributed by atoms with Gasteiger partial charge in [-0.05, 0) is 55.2 Å². The third-order valence-electron chi connectivity index (χ3n) is 10.2. The van der Waals surface area contributed by atoms with Gasteiger partial charge in [0.2, 0.25) is 11.9 Å². The highest BCUT2D eigenvalue weighted by atomic mass is 16.5. The van der Waals surface area contributed by atoms with Crippen molar-refractivity contribution in [1.29, 1.82) is 0 Å². The van der Waals surface area contributed by atoms with E-state index in [0.717, 1.165) is 64.1 Å². The van der Waals surface area contributed by atoms with Gasteiger partial charge in [0.05, 0.1) is 17.4 Å². The predicted octanol–water partition coefficient (Wildman–Crippen LogP) is 4.63. The van der Waals surface area contributed by atoms with Gasteiger partial charge in [0.1, 0.15) is 11.5 Å². The number of rotatable bonds is 10. The minimum absolute atomic E-state index is 0.0182. The molecule has 0 aromatic carbocycles. The molecule has 1 saturated heterocycles. The number of amides is 1. The number of carbonyl (C=O) groups excluding carboxylic acids is 2. The lowest BCUT2D eigenvalue weighted by atomic mass is 9.65. The summed E-state index contributed by atoms with van der Waals surface area (Å²) in [5.41, 5.74) is 3.48. The molecule has 0 unspecified atom stereocenters. The zero-order chi connectivity index (χ0) is 32.5. The number of Topliss-reactive ketones (excluding diaryl/α,β-unsaturated/α-hetero) is 1. The summed E-state index contributed by atoms with van der Waals surface area (Å²) in [6, 6.07) is 3.95. The second-order valence-electron chi connectivity index (χ2n) is 13.9. The lowest BCUT2D eigenvalue weighted by molar-refractivity contribution is -0.133. The highest BCUT2D eigenvalue weighted by Gasteiger charge is 2.40. The third kappa shape index (κ3) is 6.72. The van der Waals surface area contributed by atoms with Crippen LogP contribution in [0.1, 0.15) is 88.7 Å². The molecular weight excluding hydrogens is 572 g/mol. The first-order chi connectivity index (χ1) is 21.3. The molecule has 242 valence electrons. The minimum atomic E-state index is -0.363. The van der Waals surface area contributed by atoms with E-state index in [0.29, 0.717) is 28.4 Å². The van der Waals surface area contributed by atoms with Crippen molar-refractivity contribution in [3.05, 3.63) is 46.0 Å². The average molecular weight is 619 g/mol. The lowest BCUT2D eigenvalue weighted by Gasteiger charge is -2.46. The molecule has 0 atom stereocenters. The van der Waals surface area contributed by atoms with Gasteiger partial charge in [-0.15, -0.1) is 0 Å². The molecule has 3 N–H and O–H groups in total. The van der Waals surface area contributed by atoms with Gasteiger partial charge >= 0.3 is 0 Å². The molecule has 4 heterocycles. The zero-order valence-corrected chi connectivity index (χ0v) is 27.3. The highest BCUT2D eigenvalue weighted by molar-refractivity contribution is 5.99. The van der Waals surface area contributed by atoms with Crippen molar-refractivity contribution >= 4 is 40.2 Å². The van der Waals surface area contributed by atoms with Gasteiger partial charge in [-0.1, -0.05) is 40.5 Å². The molecular formula is C33H46N8O4. The molecule has 2 aliphatic rings. The molecule has 3 aromatic heterocycles. The fourth-order valence-electron chi connectivity index (χ4n) is 6.69. The summed E-state index contributed by atoms with van der Waals surface area (Å²) in [7, 11) is 0. The van der Waals surface area contributed by atoms with E-state index < -0.39 is 0 Å². The summed E-state index contributed by atoms with van der Waals surface area (Å²) in [4.78, 5) is 56.4. The van der Waals surface area contributed by atoms with E-state index in [4.69, 9.17) is 10.2 Å². The molecule has 1 aliphatic heterocycles. The number of piperazine rings is 1. The highest BCUT2D eigenvalue weighted by Crippen LogP contribution is 2.42. The number of fused-ring (bicyclic) bond motifs is 1.